The maximum Gasteiger partial charge on any atom is 0.216 e. The molecule has 2 rings (SSSR count). The number of benzene rings is 1. The van der Waals surface area contributed by atoms with E-state index in [0.717, 1.165) is 5.69 Å². The van der Waals surface area contributed by atoms with Crippen LogP contribution in [-0.4, -0.2) is 24.1 Å². The zero-order valence-corrected chi connectivity index (χ0v) is 12.0. The van der Waals surface area contributed by atoms with Crippen LogP contribution in [0.5, 0.6) is 5.88 Å². The van der Waals surface area contributed by atoms with Crippen LogP contribution in [0.25, 0.3) is 0 Å². The molecule has 1 aromatic heterocycles. The third-order valence-corrected chi connectivity index (χ3v) is 3.24. The summed E-state index contributed by atoms with van der Waals surface area (Å²) >= 11 is 5.93. The third-order valence-electron chi connectivity index (χ3n) is 3.00. The minimum absolute atomic E-state index is 0.228. The Morgan fingerprint density at radius 1 is 1.35 bits per heavy atom. The molecule has 1 heterocycles. The van der Waals surface area contributed by atoms with Gasteiger partial charge in [-0.3, -0.25) is 0 Å². The van der Waals surface area contributed by atoms with E-state index < -0.39 is 0 Å². The first-order valence-electron chi connectivity index (χ1n) is 6.11. The van der Waals surface area contributed by atoms with Crippen molar-refractivity contribution in [3.05, 3.63) is 52.7 Å². The number of hydrogen-bond acceptors (Lipinski definition) is 4. The van der Waals surface area contributed by atoms with Crippen LogP contribution in [0.2, 0.25) is 5.02 Å². The third kappa shape index (κ3) is 3.43. The van der Waals surface area contributed by atoms with Gasteiger partial charge in [-0.15, -0.1) is 0 Å². The number of nitrogens with zero attached hydrogens (tertiary/aromatic N) is 2. The van der Waals surface area contributed by atoms with Crippen molar-refractivity contribution in [1.29, 1.82) is 0 Å². The summed E-state index contributed by atoms with van der Waals surface area (Å²) in [5.41, 5.74) is 1.27. The standard InChI is InChI=1S/C14H15ClFN3O/c1-17-13(11-5-9(15)3-4-12(11)16)6-10-7-14(20-2)19-8-18-10/h3-5,7-8,13,17H,6H2,1-2H3. The Bertz CT molecular complexity index is 594. The zero-order chi connectivity index (χ0) is 14.5. The van der Waals surface area contributed by atoms with Gasteiger partial charge in [0.05, 0.1) is 7.11 Å². The number of halogens is 2. The molecule has 0 aliphatic carbocycles. The van der Waals surface area contributed by atoms with Gasteiger partial charge in [-0.25, -0.2) is 14.4 Å². The largest absolute Gasteiger partial charge is 0.481 e. The van der Waals surface area contributed by atoms with Gasteiger partial charge < -0.3 is 10.1 Å². The summed E-state index contributed by atoms with van der Waals surface area (Å²) in [6, 6.07) is 6.01. The molecule has 0 amide bonds. The van der Waals surface area contributed by atoms with Crippen molar-refractivity contribution in [3.63, 3.8) is 0 Å². The van der Waals surface area contributed by atoms with Crippen molar-refractivity contribution in [2.75, 3.05) is 14.2 Å². The van der Waals surface area contributed by atoms with Crippen LogP contribution in [0.3, 0.4) is 0 Å². The van der Waals surface area contributed by atoms with Crippen LogP contribution in [0, 0.1) is 5.82 Å². The summed E-state index contributed by atoms with van der Waals surface area (Å²) < 4.78 is 19.0. The second kappa shape index (κ2) is 6.63. The summed E-state index contributed by atoms with van der Waals surface area (Å²) in [5.74, 6) is 0.186. The Hall–Kier alpha value is -1.72. The highest BCUT2D eigenvalue weighted by atomic mass is 35.5. The second-order valence-electron chi connectivity index (χ2n) is 4.26. The van der Waals surface area contributed by atoms with Gasteiger partial charge in [0, 0.05) is 34.8 Å². The van der Waals surface area contributed by atoms with Crippen LogP contribution in [0.1, 0.15) is 17.3 Å². The average molecular weight is 296 g/mol. The predicted octanol–water partition coefficient (Wildman–Crippen LogP) is 2.78. The van der Waals surface area contributed by atoms with Gasteiger partial charge in [-0.2, -0.15) is 0 Å². The summed E-state index contributed by atoms with van der Waals surface area (Å²) in [6.07, 6.45) is 1.93. The van der Waals surface area contributed by atoms with Gasteiger partial charge in [0.2, 0.25) is 5.88 Å². The lowest BCUT2D eigenvalue weighted by Crippen LogP contribution is -2.20. The highest BCUT2D eigenvalue weighted by molar-refractivity contribution is 6.30. The summed E-state index contributed by atoms with van der Waals surface area (Å²) in [4.78, 5) is 8.11. The molecule has 0 saturated carbocycles. The maximum atomic E-state index is 13.9. The molecule has 0 radical (unpaired) electrons. The Labute approximate surface area is 122 Å². The first-order valence-corrected chi connectivity index (χ1v) is 6.49. The Balaban J connectivity index is 2.26. The van der Waals surface area contributed by atoms with Crippen molar-refractivity contribution < 1.29 is 9.13 Å². The monoisotopic (exact) mass is 295 g/mol. The minimum atomic E-state index is -0.297. The summed E-state index contributed by atoms with van der Waals surface area (Å²) in [5, 5.41) is 3.57. The van der Waals surface area contributed by atoms with Crippen LogP contribution in [-0.2, 0) is 6.42 Å². The van der Waals surface area contributed by atoms with Crippen LogP contribution < -0.4 is 10.1 Å². The fourth-order valence-electron chi connectivity index (χ4n) is 1.96. The van der Waals surface area contributed by atoms with E-state index >= 15 is 0 Å². The fraction of sp³-hybridized carbons (Fsp3) is 0.286. The lowest BCUT2D eigenvalue weighted by Gasteiger charge is -2.17. The molecule has 0 aliphatic rings. The van der Waals surface area contributed by atoms with E-state index in [2.05, 4.69) is 15.3 Å². The molecular formula is C14H15ClFN3O. The molecule has 20 heavy (non-hydrogen) atoms. The number of hydrogen-bond donors (Lipinski definition) is 1. The van der Waals surface area contributed by atoms with E-state index in [4.69, 9.17) is 16.3 Å². The Morgan fingerprint density at radius 3 is 2.85 bits per heavy atom. The van der Waals surface area contributed by atoms with Crippen molar-refractivity contribution in [2.24, 2.45) is 0 Å². The topological polar surface area (TPSA) is 47.0 Å². The van der Waals surface area contributed by atoms with Crippen LogP contribution >= 0.6 is 11.6 Å². The second-order valence-corrected chi connectivity index (χ2v) is 4.70. The van der Waals surface area contributed by atoms with Crippen LogP contribution in [0.4, 0.5) is 4.39 Å². The molecular weight excluding hydrogens is 281 g/mol. The number of aromatic nitrogens is 2. The number of ether oxygens (including phenoxy) is 1. The molecule has 0 saturated heterocycles. The molecule has 0 spiro atoms. The highest BCUT2D eigenvalue weighted by Gasteiger charge is 2.16. The first-order chi connectivity index (χ1) is 9.63. The van der Waals surface area contributed by atoms with E-state index in [1.54, 1.807) is 19.2 Å². The predicted molar refractivity (Wildman–Crippen MR) is 75.5 cm³/mol. The maximum absolute atomic E-state index is 13.9. The number of nitrogens with one attached hydrogen (secondary N) is 1. The molecule has 0 bridgehead atoms. The van der Waals surface area contributed by atoms with Crippen LogP contribution in [0.15, 0.2) is 30.6 Å². The Kier molecular flexibility index (Phi) is 4.87. The van der Waals surface area contributed by atoms with Gasteiger partial charge in [0.15, 0.2) is 0 Å². The lowest BCUT2D eigenvalue weighted by atomic mass is 10.0. The number of methoxy groups -OCH3 is 1. The zero-order valence-electron chi connectivity index (χ0n) is 11.2. The molecule has 0 fully saturated rings. The van der Waals surface area contributed by atoms with Gasteiger partial charge in [-0.1, -0.05) is 11.6 Å². The first kappa shape index (κ1) is 14.7. The van der Waals surface area contributed by atoms with Crippen molar-refractivity contribution >= 4 is 11.6 Å². The molecule has 1 aromatic carbocycles. The van der Waals surface area contributed by atoms with Crippen molar-refractivity contribution in [1.82, 2.24) is 15.3 Å². The summed E-state index contributed by atoms with van der Waals surface area (Å²) in [7, 11) is 3.31. The van der Waals surface area contributed by atoms with E-state index in [1.165, 1.54) is 25.6 Å². The normalized spacial score (nSPS) is 12.2. The van der Waals surface area contributed by atoms with E-state index in [1.807, 2.05) is 0 Å². The molecule has 6 heteroatoms. The fourth-order valence-corrected chi connectivity index (χ4v) is 2.14. The molecule has 106 valence electrons. The SMILES string of the molecule is CNC(Cc1cc(OC)ncn1)c1cc(Cl)ccc1F. The summed E-state index contributed by atoms with van der Waals surface area (Å²) in [6.45, 7) is 0. The van der Waals surface area contributed by atoms with Gasteiger partial charge in [0.25, 0.3) is 0 Å². The van der Waals surface area contributed by atoms with Crippen molar-refractivity contribution in [2.45, 2.75) is 12.5 Å². The quantitative estimate of drug-likeness (QED) is 0.921. The smallest absolute Gasteiger partial charge is 0.216 e. The Morgan fingerprint density at radius 2 is 2.15 bits per heavy atom. The van der Waals surface area contributed by atoms with E-state index in [-0.39, 0.29) is 11.9 Å². The molecule has 2 aromatic rings. The molecule has 1 atom stereocenters. The molecule has 0 aliphatic heterocycles. The van der Waals surface area contributed by atoms with Gasteiger partial charge in [-0.05, 0) is 25.2 Å². The molecule has 1 unspecified atom stereocenters. The molecule has 4 nitrogen and oxygen atoms in total. The minimum Gasteiger partial charge on any atom is -0.481 e. The van der Waals surface area contributed by atoms with Crippen molar-refractivity contribution in [3.8, 4) is 5.88 Å². The molecule has 1 N–H and O–H groups in total. The average Bonchev–Trinajstić information content (AvgIpc) is 2.47. The lowest BCUT2D eigenvalue weighted by molar-refractivity contribution is 0.395. The van der Waals surface area contributed by atoms with E-state index in [0.29, 0.717) is 22.9 Å². The number of rotatable bonds is 5. The van der Waals surface area contributed by atoms with Gasteiger partial charge in [0.1, 0.15) is 12.1 Å². The van der Waals surface area contributed by atoms with Gasteiger partial charge >= 0.3 is 0 Å². The van der Waals surface area contributed by atoms with E-state index in [9.17, 15) is 4.39 Å². The number of likely N-dealkylation sites (N-methyl/N-ethyl adjacent to an activating group) is 1. The highest BCUT2D eigenvalue weighted by Crippen LogP contribution is 2.24.